The van der Waals surface area contributed by atoms with Crippen LogP contribution in [0.5, 0.6) is 0 Å². The molecule has 2 aromatic rings. The first-order valence-electron chi connectivity index (χ1n) is 3.00. The van der Waals surface area contributed by atoms with Crippen molar-refractivity contribution < 1.29 is 0 Å². The summed E-state index contributed by atoms with van der Waals surface area (Å²) in [5.74, 6) is 0. The summed E-state index contributed by atoms with van der Waals surface area (Å²) in [6.45, 7) is 0. The molecule has 1 aromatic carbocycles. The smallest absolute Gasteiger partial charge is 0.0963 e. The highest BCUT2D eigenvalue weighted by atomic mass is 15.3. The lowest BCUT2D eigenvalue weighted by Crippen LogP contribution is -1.85. The first-order valence-corrected chi connectivity index (χ1v) is 3.00. The van der Waals surface area contributed by atoms with Crippen molar-refractivity contribution in [1.82, 2.24) is 15.4 Å². The molecule has 0 N–H and O–H groups in total. The Morgan fingerprint density at radius 2 is 2.00 bits per heavy atom. The Hall–Kier alpha value is -1.51. The number of nitrogens with zero attached hydrogens (tertiary/aromatic N) is 3. The number of fused-ring (bicyclic) bond motifs is 1. The molecule has 2 rings (SSSR count). The number of rotatable bonds is 0. The number of benzene rings is 1. The summed E-state index contributed by atoms with van der Waals surface area (Å²) in [4.78, 5) is 0. The maximum Gasteiger partial charge on any atom is 0.0963 e. The Morgan fingerprint density at radius 3 is 2.90 bits per heavy atom. The number of hydrogen-bond acceptors (Lipinski definition) is 3. The highest BCUT2D eigenvalue weighted by molar-refractivity contribution is 5.76. The van der Waals surface area contributed by atoms with E-state index in [1.807, 2.05) is 24.3 Å². The van der Waals surface area contributed by atoms with Crippen LogP contribution in [0.1, 0.15) is 0 Å². The van der Waals surface area contributed by atoms with Gasteiger partial charge in [-0.15, -0.1) is 10.2 Å². The van der Waals surface area contributed by atoms with Crippen molar-refractivity contribution in [3.8, 4) is 0 Å². The van der Waals surface area contributed by atoms with Gasteiger partial charge in [0.05, 0.1) is 11.7 Å². The van der Waals surface area contributed by atoms with Gasteiger partial charge < -0.3 is 0 Å². The van der Waals surface area contributed by atoms with E-state index in [2.05, 4.69) is 15.4 Å². The lowest BCUT2D eigenvalue weighted by molar-refractivity contribution is 0.895. The molecule has 0 atom stereocenters. The van der Waals surface area contributed by atoms with Crippen LogP contribution in [0, 0.1) is 0 Å². The van der Waals surface area contributed by atoms with Crippen molar-refractivity contribution in [1.29, 1.82) is 0 Å². The first kappa shape index (κ1) is 5.29. The fraction of sp³-hybridized carbons (Fsp3) is 0. The second-order valence-corrected chi connectivity index (χ2v) is 1.99. The van der Waals surface area contributed by atoms with Gasteiger partial charge in [-0.25, -0.2) is 0 Å². The molecule has 0 saturated heterocycles. The topological polar surface area (TPSA) is 38.7 Å². The Balaban J connectivity index is 2.89. The van der Waals surface area contributed by atoms with Crippen LogP contribution in [0.4, 0.5) is 0 Å². The van der Waals surface area contributed by atoms with Gasteiger partial charge in [0.25, 0.3) is 0 Å². The Kier molecular flexibility index (Phi) is 1.07. The van der Waals surface area contributed by atoms with Crippen molar-refractivity contribution in [2.45, 2.75) is 0 Å². The van der Waals surface area contributed by atoms with Crippen LogP contribution in [0.2, 0.25) is 0 Å². The fourth-order valence-electron chi connectivity index (χ4n) is 0.850. The molecule has 0 radical (unpaired) electrons. The zero-order valence-corrected chi connectivity index (χ0v) is 5.23. The SMILES string of the molecule is c1ccc2nnncc2c1. The highest BCUT2D eigenvalue weighted by Crippen LogP contribution is 2.05. The Bertz CT molecular complexity index is 280. The molecule has 0 amide bonds. The van der Waals surface area contributed by atoms with Gasteiger partial charge in [-0.1, -0.05) is 18.2 Å². The van der Waals surface area contributed by atoms with Gasteiger partial charge in [-0.3, -0.25) is 0 Å². The van der Waals surface area contributed by atoms with Crippen LogP contribution in [0.3, 0.4) is 0 Å². The number of aromatic nitrogens is 3. The van der Waals surface area contributed by atoms with Crippen molar-refractivity contribution in [2.75, 3.05) is 0 Å². The number of hydrogen-bond donors (Lipinski definition) is 0. The van der Waals surface area contributed by atoms with Gasteiger partial charge in [-0.2, -0.15) is 0 Å². The van der Waals surface area contributed by atoms with Crippen molar-refractivity contribution >= 4 is 10.9 Å². The molecule has 0 unspecified atom stereocenters. The molecule has 0 fully saturated rings. The molecule has 10 heavy (non-hydrogen) atoms. The summed E-state index contributed by atoms with van der Waals surface area (Å²) in [6.07, 6.45) is 1.70. The maximum atomic E-state index is 3.82. The summed E-state index contributed by atoms with van der Waals surface area (Å²) in [5.41, 5.74) is 0.887. The average Bonchev–Trinajstić information content (AvgIpc) is 2.05. The molecular formula is C7H5N3. The molecule has 0 aliphatic rings. The second kappa shape index (κ2) is 2.02. The average molecular weight is 131 g/mol. The summed E-state index contributed by atoms with van der Waals surface area (Å²) < 4.78 is 0. The van der Waals surface area contributed by atoms with Crippen LogP contribution in [0.25, 0.3) is 10.9 Å². The third-order valence-corrected chi connectivity index (χ3v) is 1.34. The third kappa shape index (κ3) is 0.719. The third-order valence-electron chi connectivity index (χ3n) is 1.34. The van der Waals surface area contributed by atoms with Gasteiger partial charge in [0.15, 0.2) is 0 Å². The lowest BCUT2D eigenvalue weighted by atomic mass is 10.2. The minimum Gasteiger partial charge on any atom is -0.138 e. The van der Waals surface area contributed by atoms with Crippen molar-refractivity contribution in [3.05, 3.63) is 30.5 Å². The van der Waals surface area contributed by atoms with E-state index in [-0.39, 0.29) is 0 Å². The van der Waals surface area contributed by atoms with E-state index < -0.39 is 0 Å². The van der Waals surface area contributed by atoms with E-state index in [0.29, 0.717) is 0 Å². The van der Waals surface area contributed by atoms with Crippen molar-refractivity contribution in [2.24, 2.45) is 0 Å². The highest BCUT2D eigenvalue weighted by Gasteiger charge is 1.88. The van der Waals surface area contributed by atoms with E-state index >= 15 is 0 Å². The first-order chi connectivity index (χ1) is 4.97. The minimum absolute atomic E-state index is 0.887. The standard InChI is InChI=1S/C7H5N3/c1-2-4-7-6(3-1)5-8-10-9-7/h1-5H. The molecule has 3 nitrogen and oxygen atoms in total. The molecule has 0 aliphatic heterocycles. The molecule has 1 aromatic heterocycles. The van der Waals surface area contributed by atoms with E-state index in [9.17, 15) is 0 Å². The second-order valence-electron chi connectivity index (χ2n) is 1.99. The van der Waals surface area contributed by atoms with Gasteiger partial charge >= 0.3 is 0 Å². The molecule has 0 bridgehead atoms. The van der Waals surface area contributed by atoms with E-state index in [4.69, 9.17) is 0 Å². The molecule has 48 valence electrons. The predicted octanol–water partition coefficient (Wildman–Crippen LogP) is 1.02. The normalized spacial score (nSPS) is 10.0. The predicted molar refractivity (Wildman–Crippen MR) is 37.3 cm³/mol. The largest absolute Gasteiger partial charge is 0.138 e. The van der Waals surface area contributed by atoms with Crippen LogP contribution in [-0.4, -0.2) is 15.4 Å². The zero-order valence-electron chi connectivity index (χ0n) is 5.23. The summed E-state index contributed by atoms with van der Waals surface area (Å²) >= 11 is 0. The van der Waals surface area contributed by atoms with Gasteiger partial charge in [0, 0.05) is 5.39 Å². The van der Waals surface area contributed by atoms with E-state index in [0.717, 1.165) is 10.9 Å². The summed E-state index contributed by atoms with van der Waals surface area (Å²) in [5, 5.41) is 12.0. The maximum absolute atomic E-state index is 3.82. The molecule has 3 heteroatoms. The monoisotopic (exact) mass is 131 g/mol. The summed E-state index contributed by atoms with van der Waals surface area (Å²) in [6, 6.07) is 7.74. The van der Waals surface area contributed by atoms with Gasteiger partial charge in [0.2, 0.25) is 0 Å². The van der Waals surface area contributed by atoms with Crippen molar-refractivity contribution in [3.63, 3.8) is 0 Å². The fourth-order valence-corrected chi connectivity index (χ4v) is 0.850. The van der Waals surface area contributed by atoms with E-state index in [1.165, 1.54) is 0 Å². The lowest BCUT2D eigenvalue weighted by Gasteiger charge is -1.89. The molecule has 0 spiro atoms. The summed E-state index contributed by atoms with van der Waals surface area (Å²) in [7, 11) is 0. The van der Waals surface area contributed by atoms with Crippen LogP contribution < -0.4 is 0 Å². The van der Waals surface area contributed by atoms with Crippen LogP contribution in [-0.2, 0) is 0 Å². The van der Waals surface area contributed by atoms with E-state index in [1.54, 1.807) is 6.20 Å². The molecule has 0 saturated carbocycles. The van der Waals surface area contributed by atoms with Crippen LogP contribution >= 0.6 is 0 Å². The quantitative estimate of drug-likeness (QED) is 0.536. The Morgan fingerprint density at radius 1 is 1.10 bits per heavy atom. The molecule has 0 aliphatic carbocycles. The molecular weight excluding hydrogens is 126 g/mol. The zero-order chi connectivity index (χ0) is 6.81. The van der Waals surface area contributed by atoms with Crippen LogP contribution in [0.15, 0.2) is 30.5 Å². The van der Waals surface area contributed by atoms with Gasteiger partial charge in [-0.05, 0) is 11.3 Å². The van der Waals surface area contributed by atoms with Gasteiger partial charge in [0.1, 0.15) is 0 Å². The Labute approximate surface area is 57.7 Å². The minimum atomic E-state index is 0.887. The molecule has 1 heterocycles.